The van der Waals surface area contributed by atoms with E-state index < -0.39 is 10.0 Å². The second kappa shape index (κ2) is 7.09. The fourth-order valence-corrected chi connectivity index (χ4v) is 5.23. The molecule has 1 saturated carbocycles. The van der Waals surface area contributed by atoms with Gasteiger partial charge in [-0.3, -0.25) is 0 Å². The summed E-state index contributed by atoms with van der Waals surface area (Å²) >= 11 is 0. The highest BCUT2D eigenvalue weighted by molar-refractivity contribution is 7.89. The van der Waals surface area contributed by atoms with Crippen LogP contribution in [0.4, 0.5) is 0 Å². The van der Waals surface area contributed by atoms with Crippen molar-refractivity contribution in [1.29, 1.82) is 0 Å². The molecule has 0 unspecified atom stereocenters. The lowest BCUT2D eigenvalue weighted by atomic mass is 9.58. The van der Waals surface area contributed by atoms with Crippen molar-refractivity contribution in [3.05, 3.63) is 12.3 Å². The SMILES string of the molecule is CCO[C@@H]1C[C@@H](NS(=O)(=O)c2ccnn2COC)C12CCOCC2. The largest absolute Gasteiger partial charge is 0.381 e. The van der Waals surface area contributed by atoms with Gasteiger partial charge in [0, 0.05) is 38.4 Å². The number of nitrogens with zero attached hydrogens (tertiary/aromatic N) is 2. The Morgan fingerprint density at radius 1 is 1.46 bits per heavy atom. The molecule has 1 spiro atoms. The summed E-state index contributed by atoms with van der Waals surface area (Å²) in [6.45, 7) is 3.97. The van der Waals surface area contributed by atoms with Gasteiger partial charge in [-0.1, -0.05) is 0 Å². The van der Waals surface area contributed by atoms with E-state index in [2.05, 4.69) is 9.82 Å². The van der Waals surface area contributed by atoms with Gasteiger partial charge < -0.3 is 14.2 Å². The van der Waals surface area contributed by atoms with Gasteiger partial charge in [-0.25, -0.2) is 17.8 Å². The molecule has 1 aromatic rings. The number of sulfonamides is 1. The van der Waals surface area contributed by atoms with Crippen LogP contribution < -0.4 is 4.72 Å². The lowest BCUT2D eigenvalue weighted by molar-refractivity contribution is -0.168. The van der Waals surface area contributed by atoms with Crippen molar-refractivity contribution >= 4 is 10.0 Å². The maximum absolute atomic E-state index is 12.8. The lowest BCUT2D eigenvalue weighted by Crippen LogP contribution is -2.66. The highest BCUT2D eigenvalue weighted by Gasteiger charge is 2.57. The number of hydrogen-bond acceptors (Lipinski definition) is 6. The highest BCUT2D eigenvalue weighted by Crippen LogP contribution is 2.51. The minimum Gasteiger partial charge on any atom is -0.381 e. The molecular weight excluding hydrogens is 334 g/mol. The number of hydrogen-bond donors (Lipinski definition) is 1. The molecule has 1 aliphatic heterocycles. The van der Waals surface area contributed by atoms with E-state index in [0.29, 0.717) is 26.2 Å². The highest BCUT2D eigenvalue weighted by atomic mass is 32.2. The molecular formula is C15H25N3O5S. The fraction of sp³-hybridized carbons (Fsp3) is 0.800. The number of aromatic nitrogens is 2. The zero-order valence-electron chi connectivity index (χ0n) is 14.1. The van der Waals surface area contributed by atoms with Crippen LogP contribution in [0.3, 0.4) is 0 Å². The molecule has 1 saturated heterocycles. The molecule has 8 nitrogen and oxygen atoms in total. The van der Waals surface area contributed by atoms with Crippen LogP contribution in [0.1, 0.15) is 26.2 Å². The quantitative estimate of drug-likeness (QED) is 0.772. The van der Waals surface area contributed by atoms with Crippen molar-refractivity contribution < 1.29 is 22.6 Å². The van der Waals surface area contributed by atoms with Crippen LogP contribution in [0.25, 0.3) is 0 Å². The topological polar surface area (TPSA) is 91.7 Å². The van der Waals surface area contributed by atoms with E-state index in [9.17, 15) is 8.42 Å². The smallest absolute Gasteiger partial charge is 0.258 e. The van der Waals surface area contributed by atoms with E-state index in [1.54, 1.807) is 0 Å². The molecule has 24 heavy (non-hydrogen) atoms. The van der Waals surface area contributed by atoms with Crippen molar-refractivity contribution in [2.24, 2.45) is 5.41 Å². The van der Waals surface area contributed by atoms with Crippen LogP contribution in [0.5, 0.6) is 0 Å². The summed E-state index contributed by atoms with van der Waals surface area (Å²) in [7, 11) is -2.17. The van der Waals surface area contributed by atoms with Crippen molar-refractivity contribution in [2.45, 2.75) is 50.1 Å². The first-order valence-electron chi connectivity index (χ1n) is 8.26. The monoisotopic (exact) mass is 359 g/mol. The van der Waals surface area contributed by atoms with Crippen molar-refractivity contribution in [3.63, 3.8) is 0 Å². The van der Waals surface area contributed by atoms with Gasteiger partial charge in [0.25, 0.3) is 10.0 Å². The Labute approximate surface area is 142 Å². The fourth-order valence-electron chi connectivity index (χ4n) is 3.79. The molecule has 136 valence electrons. The zero-order chi connectivity index (χ0) is 17.2. The summed E-state index contributed by atoms with van der Waals surface area (Å²) in [5, 5.41) is 4.12. The van der Waals surface area contributed by atoms with Crippen molar-refractivity contribution in [2.75, 3.05) is 26.9 Å². The van der Waals surface area contributed by atoms with Crippen LogP contribution in [-0.2, 0) is 31.0 Å². The molecule has 0 amide bonds. The van der Waals surface area contributed by atoms with Crippen LogP contribution in [-0.4, -0.2) is 57.3 Å². The third-order valence-corrected chi connectivity index (χ3v) is 6.57. The first-order valence-corrected chi connectivity index (χ1v) is 9.74. The molecule has 1 aromatic heterocycles. The number of rotatable bonds is 7. The van der Waals surface area contributed by atoms with E-state index >= 15 is 0 Å². The van der Waals surface area contributed by atoms with Gasteiger partial charge >= 0.3 is 0 Å². The third-order valence-electron chi connectivity index (χ3n) is 5.08. The van der Waals surface area contributed by atoms with E-state index in [-0.39, 0.29) is 29.3 Å². The Kier molecular flexibility index (Phi) is 5.26. The van der Waals surface area contributed by atoms with E-state index in [0.717, 1.165) is 12.8 Å². The van der Waals surface area contributed by atoms with Crippen LogP contribution >= 0.6 is 0 Å². The molecule has 0 bridgehead atoms. The molecule has 0 radical (unpaired) electrons. The van der Waals surface area contributed by atoms with Gasteiger partial charge in [0.05, 0.1) is 12.3 Å². The van der Waals surface area contributed by atoms with Crippen LogP contribution in [0.15, 0.2) is 17.3 Å². The molecule has 2 aliphatic rings. The number of methoxy groups -OCH3 is 1. The van der Waals surface area contributed by atoms with Gasteiger partial charge in [0.15, 0.2) is 5.03 Å². The first-order chi connectivity index (χ1) is 11.5. The number of nitrogens with one attached hydrogen (secondary N) is 1. The van der Waals surface area contributed by atoms with Crippen molar-refractivity contribution in [3.8, 4) is 0 Å². The van der Waals surface area contributed by atoms with Gasteiger partial charge in [-0.05, 0) is 32.3 Å². The van der Waals surface area contributed by atoms with Crippen LogP contribution in [0, 0.1) is 5.41 Å². The van der Waals surface area contributed by atoms with Gasteiger partial charge in [0.2, 0.25) is 0 Å². The summed E-state index contributed by atoms with van der Waals surface area (Å²) in [5.74, 6) is 0. The summed E-state index contributed by atoms with van der Waals surface area (Å²) < 4.78 is 46.1. The Morgan fingerprint density at radius 2 is 2.21 bits per heavy atom. The minimum atomic E-state index is -3.67. The molecule has 1 aliphatic carbocycles. The minimum absolute atomic E-state index is 0.0861. The molecule has 0 aromatic carbocycles. The number of ether oxygens (including phenoxy) is 3. The molecule has 9 heteroatoms. The predicted octanol–water partition coefficient (Wildman–Crippen LogP) is 0.740. The van der Waals surface area contributed by atoms with Gasteiger partial charge in [-0.2, -0.15) is 5.10 Å². The molecule has 2 atom stereocenters. The van der Waals surface area contributed by atoms with Crippen LogP contribution in [0.2, 0.25) is 0 Å². The second-order valence-corrected chi connectivity index (χ2v) is 7.95. The average molecular weight is 359 g/mol. The Morgan fingerprint density at radius 3 is 2.88 bits per heavy atom. The van der Waals surface area contributed by atoms with E-state index in [1.165, 1.54) is 24.1 Å². The molecule has 2 heterocycles. The Bertz CT molecular complexity index is 654. The van der Waals surface area contributed by atoms with Gasteiger partial charge in [-0.15, -0.1) is 0 Å². The van der Waals surface area contributed by atoms with Crippen molar-refractivity contribution in [1.82, 2.24) is 14.5 Å². The predicted molar refractivity (Wildman–Crippen MR) is 85.9 cm³/mol. The average Bonchev–Trinajstić information content (AvgIpc) is 3.04. The Balaban J connectivity index is 1.78. The zero-order valence-corrected chi connectivity index (χ0v) is 14.9. The lowest BCUT2D eigenvalue weighted by Gasteiger charge is -2.57. The summed E-state index contributed by atoms with van der Waals surface area (Å²) in [6, 6.07) is 1.34. The summed E-state index contributed by atoms with van der Waals surface area (Å²) in [6.07, 6.45) is 3.85. The summed E-state index contributed by atoms with van der Waals surface area (Å²) in [5.41, 5.74) is -0.173. The maximum Gasteiger partial charge on any atom is 0.258 e. The molecule has 2 fully saturated rings. The normalized spacial score (nSPS) is 26.4. The second-order valence-electron chi connectivity index (χ2n) is 6.29. The molecule has 1 N–H and O–H groups in total. The summed E-state index contributed by atoms with van der Waals surface area (Å²) in [4.78, 5) is 0. The molecule has 3 rings (SSSR count). The maximum atomic E-state index is 12.8. The first kappa shape index (κ1) is 17.8. The van der Waals surface area contributed by atoms with Gasteiger partial charge in [0.1, 0.15) is 6.73 Å². The van der Waals surface area contributed by atoms with E-state index in [4.69, 9.17) is 14.2 Å². The standard InChI is InChI=1S/C15H25N3O5S/c1-3-23-13-10-12(15(13)5-8-22-9-6-15)17-24(19,20)14-4-7-16-18(14)11-21-2/h4,7,12-13,17H,3,5-6,8-11H2,1-2H3/t12-,13-/m1/s1. The van der Waals surface area contributed by atoms with E-state index in [1.807, 2.05) is 6.92 Å². The Hall–Kier alpha value is -1.00. The third kappa shape index (κ3) is 3.11.